The molecule has 1 unspecified atom stereocenters. The molecule has 1 fully saturated rings. The minimum Gasteiger partial charge on any atom is -0.381 e. The van der Waals surface area contributed by atoms with Gasteiger partial charge in [-0.05, 0) is 31.0 Å². The van der Waals surface area contributed by atoms with Gasteiger partial charge in [-0.1, -0.05) is 6.42 Å². The Morgan fingerprint density at radius 2 is 2.20 bits per heavy atom. The van der Waals surface area contributed by atoms with Crippen LogP contribution in [0.25, 0.3) is 0 Å². The van der Waals surface area contributed by atoms with Crippen LogP contribution in [0.2, 0.25) is 0 Å². The van der Waals surface area contributed by atoms with Crippen molar-refractivity contribution in [3.63, 3.8) is 0 Å². The number of hydrogen-bond donors (Lipinski definition) is 1. The van der Waals surface area contributed by atoms with E-state index in [1.54, 1.807) is 6.07 Å². The van der Waals surface area contributed by atoms with Crippen LogP contribution in [0.3, 0.4) is 0 Å². The predicted octanol–water partition coefficient (Wildman–Crippen LogP) is 2.60. The fourth-order valence-corrected chi connectivity index (χ4v) is 2.69. The summed E-state index contributed by atoms with van der Waals surface area (Å²) in [5.41, 5.74) is 1.32. The first kappa shape index (κ1) is 8.89. The number of halogens is 1. The molecule has 2 nitrogen and oxygen atoms in total. The third kappa shape index (κ3) is 1.26. The summed E-state index contributed by atoms with van der Waals surface area (Å²) in [5.74, 6) is -0.148. The van der Waals surface area contributed by atoms with Gasteiger partial charge in [0.15, 0.2) is 5.78 Å². The van der Waals surface area contributed by atoms with Gasteiger partial charge in [-0.2, -0.15) is 0 Å². The van der Waals surface area contributed by atoms with E-state index < -0.39 is 0 Å². The Labute approximate surface area is 87.5 Å². The maximum absolute atomic E-state index is 13.0. The van der Waals surface area contributed by atoms with Crippen LogP contribution in [0.4, 0.5) is 10.1 Å². The molecular weight excluding hydrogens is 193 g/mol. The summed E-state index contributed by atoms with van der Waals surface area (Å²) in [6.45, 7) is 0. The van der Waals surface area contributed by atoms with E-state index in [-0.39, 0.29) is 23.6 Å². The van der Waals surface area contributed by atoms with E-state index in [9.17, 15) is 9.18 Å². The minimum atomic E-state index is -0.333. The normalized spacial score (nSPS) is 28.2. The summed E-state index contributed by atoms with van der Waals surface area (Å²) in [6, 6.07) is 4.68. The van der Waals surface area contributed by atoms with Crippen molar-refractivity contribution in [1.29, 1.82) is 0 Å². The number of rotatable bonds is 0. The lowest BCUT2D eigenvalue weighted by Crippen LogP contribution is -2.35. The number of benzene rings is 1. The summed E-state index contributed by atoms with van der Waals surface area (Å²) in [5, 5.41) is 3.33. The monoisotopic (exact) mass is 205 g/mol. The molecule has 78 valence electrons. The third-order valence-electron chi connectivity index (χ3n) is 3.44. The third-order valence-corrected chi connectivity index (χ3v) is 3.44. The highest BCUT2D eigenvalue weighted by Crippen LogP contribution is 2.37. The van der Waals surface area contributed by atoms with Crippen LogP contribution in [-0.2, 0) is 0 Å². The molecule has 1 aliphatic heterocycles. The van der Waals surface area contributed by atoms with Crippen molar-refractivity contribution in [1.82, 2.24) is 0 Å². The van der Waals surface area contributed by atoms with Crippen LogP contribution < -0.4 is 5.32 Å². The summed E-state index contributed by atoms with van der Waals surface area (Å²) in [4.78, 5) is 12.0. The largest absolute Gasteiger partial charge is 0.381 e. The second-order valence-corrected chi connectivity index (χ2v) is 4.34. The Kier molecular flexibility index (Phi) is 1.81. The standard InChI is InChI=1S/C12H12FNO/c13-7-4-5-11-9(6-7)12(15)8-2-1-3-10(8)14-11/h4-6,8,10,14H,1-3H2/t8?,10-/m0/s1. The Morgan fingerprint density at radius 1 is 1.33 bits per heavy atom. The topological polar surface area (TPSA) is 29.1 Å². The molecule has 1 aromatic rings. The average Bonchev–Trinajstić information content (AvgIpc) is 2.68. The molecule has 0 aromatic heterocycles. The Bertz CT molecular complexity index is 430. The van der Waals surface area contributed by atoms with Gasteiger partial charge < -0.3 is 5.32 Å². The SMILES string of the molecule is O=C1c2cc(F)ccc2N[C@H]2CCCC12. The van der Waals surface area contributed by atoms with Crippen molar-refractivity contribution in [2.45, 2.75) is 25.3 Å². The molecule has 1 heterocycles. The van der Waals surface area contributed by atoms with Crippen LogP contribution in [0.15, 0.2) is 18.2 Å². The summed E-state index contributed by atoms with van der Waals surface area (Å²) >= 11 is 0. The molecule has 3 heteroatoms. The number of fused-ring (bicyclic) bond motifs is 2. The summed E-state index contributed by atoms with van der Waals surface area (Å²) in [6.07, 6.45) is 3.07. The average molecular weight is 205 g/mol. The van der Waals surface area contributed by atoms with Gasteiger partial charge in [0.25, 0.3) is 0 Å². The fraction of sp³-hybridized carbons (Fsp3) is 0.417. The van der Waals surface area contributed by atoms with Gasteiger partial charge in [0.05, 0.1) is 0 Å². The molecule has 1 aliphatic carbocycles. The molecule has 0 radical (unpaired) electrons. The second-order valence-electron chi connectivity index (χ2n) is 4.34. The van der Waals surface area contributed by atoms with E-state index in [1.165, 1.54) is 12.1 Å². The molecule has 1 aromatic carbocycles. The van der Waals surface area contributed by atoms with Gasteiger partial charge in [0.1, 0.15) is 5.82 Å². The number of Topliss-reactive ketones (excluding diaryl/α,β-unsaturated/α-hetero) is 1. The van der Waals surface area contributed by atoms with Crippen LogP contribution in [0.5, 0.6) is 0 Å². The van der Waals surface area contributed by atoms with Crippen LogP contribution in [-0.4, -0.2) is 11.8 Å². The summed E-state index contributed by atoms with van der Waals surface area (Å²) in [7, 11) is 0. The fourth-order valence-electron chi connectivity index (χ4n) is 2.69. The number of nitrogens with one attached hydrogen (secondary N) is 1. The van der Waals surface area contributed by atoms with E-state index in [1.807, 2.05) is 0 Å². The van der Waals surface area contributed by atoms with Gasteiger partial charge in [-0.25, -0.2) is 4.39 Å². The molecule has 15 heavy (non-hydrogen) atoms. The number of anilines is 1. The zero-order valence-corrected chi connectivity index (χ0v) is 8.29. The van der Waals surface area contributed by atoms with Crippen LogP contribution >= 0.6 is 0 Å². The lowest BCUT2D eigenvalue weighted by Gasteiger charge is -2.28. The predicted molar refractivity (Wildman–Crippen MR) is 55.5 cm³/mol. The molecule has 0 spiro atoms. The van der Waals surface area contributed by atoms with E-state index >= 15 is 0 Å². The molecule has 0 saturated heterocycles. The van der Waals surface area contributed by atoms with Gasteiger partial charge in [0.2, 0.25) is 0 Å². The molecule has 2 aliphatic rings. The zero-order chi connectivity index (χ0) is 10.4. The van der Waals surface area contributed by atoms with Crippen molar-refractivity contribution < 1.29 is 9.18 Å². The van der Waals surface area contributed by atoms with Gasteiger partial charge in [-0.15, -0.1) is 0 Å². The van der Waals surface area contributed by atoms with Crippen LogP contribution in [0, 0.1) is 11.7 Å². The first-order chi connectivity index (χ1) is 7.25. The smallest absolute Gasteiger partial charge is 0.170 e. The Balaban J connectivity index is 2.09. The lowest BCUT2D eigenvalue weighted by atomic mass is 9.88. The van der Waals surface area contributed by atoms with Crippen LogP contribution in [0.1, 0.15) is 29.6 Å². The van der Waals surface area contributed by atoms with Gasteiger partial charge >= 0.3 is 0 Å². The molecule has 3 rings (SSSR count). The quantitative estimate of drug-likeness (QED) is 0.705. The van der Waals surface area contributed by atoms with Crippen molar-refractivity contribution in [3.05, 3.63) is 29.6 Å². The number of carbonyl (C=O) groups is 1. The maximum atomic E-state index is 13.0. The van der Waals surface area contributed by atoms with Crippen molar-refractivity contribution in [2.75, 3.05) is 5.32 Å². The van der Waals surface area contributed by atoms with Crippen molar-refractivity contribution in [3.8, 4) is 0 Å². The lowest BCUT2D eigenvalue weighted by molar-refractivity contribution is 0.0911. The first-order valence-electron chi connectivity index (χ1n) is 5.36. The highest BCUT2D eigenvalue weighted by molar-refractivity contribution is 6.05. The minimum absolute atomic E-state index is 0.0688. The molecular formula is C12H12FNO. The van der Waals surface area contributed by atoms with E-state index in [2.05, 4.69) is 5.32 Å². The van der Waals surface area contributed by atoms with Crippen molar-refractivity contribution in [2.24, 2.45) is 5.92 Å². The van der Waals surface area contributed by atoms with E-state index in [0.29, 0.717) is 5.56 Å². The molecule has 1 N–H and O–H groups in total. The van der Waals surface area contributed by atoms with Crippen molar-refractivity contribution >= 4 is 11.5 Å². The van der Waals surface area contributed by atoms with Gasteiger partial charge in [0, 0.05) is 23.2 Å². The van der Waals surface area contributed by atoms with Gasteiger partial charge in [-0.3, -0.25) is 4.79 Å². The maximum Gasteiger partial charge on any atom is 0.170 e. The Hall–Kier alpha value is -1.38. The first-order valence-corrected chi connectivity index (χ1v) is 5.36. The summed E-state index contributed by atoms with van der Waals surface area (Å²) < 4.78 is 13.0. The second kappa shape index (κ2) is 3.05. The zero-order valence-electron chi connectivity index (χ0n) is 8.29. The number of ketones is 1. The number of hydrogen-bond acceptors (Lipinski definition) is 2. The Morgan fingerprint density at radius 3 is 3.07 bits per heavy atom. The molecule has 2 atom stereocenters. The highest BCUT2D eigenvalue weighted by atomic mass is 19.1. The van der Waals surface area contributed by atoms with E-state index in [0.717, 1.165) is 24.9 Å². The molecule has 0 bridgehead atoms. The number of carbonyl (C=O) groups excluding carboxylic acids is 1. The highest BCUT2D eigenvalue weighted by Gasteiger charge is 2.38. The molecule has 1 saturated carbocycles. The van der Waals surface area contributed by atoms with E-state index in [4.69, 9.17) is 0 Å². The molecule has 0 amide bonds.